The number of rotatable bonds is 3. The molecule has 2 saturated carbocycles. The van der Waals surface area contributed by atoms with Crippen molar-refractivity contribution in [1.82, 2.24) is 0 Å². The Kier molecular flexibility index (Phi) is 4.12. The Bertz CT molecular complexity index is 678. The van der Waals surface area contributed by atoms with E-state index in [9.17, 15) is 0 Å². The van der Waals surface area contributed by atoms with E-state index < -0.39 is 0 Å². The highest BCUT2D eigenvalue weighted by Gasteiger charge is 2.51. The van der Waals surface area contributed by atoms with Gasteiger partial charge in [-0.15, -0.1) is 0 Å². The molecule has 0 spiro atoms. The molecule has 2 fully saturated rings. The minimum atomic E-state index is 0.203. The molecule has 0 amide bonds. The largest absolute Gasteiger partial charge is 0.497 e. The number of methoxy groups -OCH3 is 1. The van der Waals surface area contributed by atoms with Crippen molar-refractivity contribution in [1.29, 1.82) is 0 Å². The molecule has 2 bridgehead atoms. The summed E-state index contributed by atoms with van der Waals surface area (Å²) in [6, 6.07) is 18.3. The molecule has 4 rings (SSSR count). The topological polar surface area (TPSA) is 9.23 Å². The second kappa shape index (κ2) is 6.27. The van der Waals surface area contributed by atoms with Crippen molar-refractivity contribution in [2.75, 3.05) is 7.11 Å². The summed E-state index contributed by atoms with van der Waals surface area (Å²) in [6.45, 7) is 2.23. The summed E-state index contributed by atoms with van der Waals surface area (Å²) >= 11 is 0. The van der Waals surface area contributed by atoms with Crippen LogP contribution in [0.25, 0.3) is 0 Å². The van der Waals surface area contributed by atoms with E-state index in [1.54, 1.807) is 12.7 Å². The van der Waals surface area contributed by atoms with Gasteiger partial charge in [-0.3, -0.25) is 0 Å². The number of ether oxygens (including phenoxy) is 1. The third-order valence-corrected chi connectivity index (χ3v) is 6.56. The van der Waals surface area contributed by atoms with Gasteiger partial charge in [-0.2, -0.15) is 0 Å². The lowest BCUT2D eigenvalue weighted by molar-refractivity contribution is 0.0837. The van der Waals surface area contributed by atoms with Crippen LogP contribution in [0.5, 0.6) is 5.75 Å². The lowest BCUT2D eigenvalue weighted by Crippen LogP contribution is -2.48. The quantitative estimate of drug-likeness (QED) is 0.685. The van der Waals surface area contributed by atoms with Crippen LogP contribution < -0.4 is 4.74 Å². The lowest BCUT2D eigenvalue weighted by Gasteiger charge is -2.54. The minimum Gasteiger partial charge on any atom is -0.497 e. The smallest absolute Gasteiger partial charge is 0.118 e. The van der Waals surface area contributed by atoms with Gasteiger partial charge in [0.2, 0.25) is 0 Å². The molecule has 2 aromatic rings. The molecule has 0 aromatic heterocycles. The molecule has 0 N–H and O–H groups in total. The molecule has 2 aliphatic carbocycles. The molecule has 1 nitrogen and oxygen atoms in total. The van der Waals surface area contributed by atoms with Gasteiger partial charge in [-0.25, -0.2) is 0 Å². The summed E-state index contributed by atoms with van der Waals surface area (Å²) in [5, 5.41) is 0. The van der Waals surface area contributed by atoms with Crippen LogP contribution in [0.3, 0.4) is 0 Å². The van der Waals surface area contributed by atoms with Crippen LogP contribution in [0, 0.1) is 18.8 Å². The molecule has 126 valence electrons. The molecule has 0 radical (unpaired) electrons. The van der Waals surface area contributed by atoms with Crippen molar-refractivity contribution in [3.8, 4) is 5.75 Å². The van der Waals surface area contributed by atoms with Gasteiger partial charge in [-0.05, 0) is 67.7 Å². The SMILES string of the molecule is COc1ccc(C2(c3cccc(C)c3)C3CCCC2CCC3)cc1. The normalized spacial score (nSPS) is 29.2. The zero-order valence-electron chi connectivity index (χ0n) is 14.9. The molecule has 0 heterocycles. The van der Waals surface area contributed by atoms with Crippen molar-refractivity contribution in [3.05, 3.63) is 65.2 Å². The van der Waals surface area contributed by atoms with Crippen molar-refractivity contribution in [2.45, 2.75) is 50.9 Å². The van der Waals surface area contributed by atoms with E-state index in [0.717, 1.165) is 17.6 Å². The number of benzene rings is 2. The third kappa shape index (κ3) is 2.37. The third-order valence-electron chi connectivity index (χ3n) is 6.56. The highest BCUT2D eigenvalue weighted by molar-refractivity contribution is 5.45. The maximum Gasteiger partial charge on any atom is 0.118 e. The van der Waals surface area contributed by atoms with Crippen LogP contribution in [-0.2, 0) is 5.41 Å². The van der Waals surface area contributed by atoms with Crippen molar-refractivity contribution in [3.63, 3.8) is 0 Å². The average molecular weight is 320 g/mol. The first-order valence-corrected chi connectivity index (χ1v) is 9.47. The van der Waals surface area contributed by atoms with Gasteiger partial charge >= 0.3 is 0 Å². The first-order valence-electron chi connectivity index (χ1n) is 9.47. The highest BCUT2D eigenvalue weighted by atomic mass is 16.5. The molecule has 0 aliphatic heterocycles. The fourth-order valence-electron chi connectivity index (χ4n) is 5.63. The molecular formula is C23H28O. The molecule has 24 heavy (non-hydrogen) atoms. The van der Waals surface area contributed by atoms with Crippen LogP contribution in [-0.4, -0.2) is 7.11 Å². The van der Waals surface area contributed by atoms with Crippen molar-refractivity contribution >= 4 is 0 Å². The van der Waals surface area contributed by atoms with E-state index in [2.05, 4.69) is 55.5 Å². The van der Waals surface area contributed by atoms with Crippen molar-refractivity contribution in [2.24, 2.45) is 11.8 Å². The summed E-state index contributed by atoms with van der Waals surface area (Å²) in [4.78, 5) is 0. The Morgan fingerprint density at radius 1 is 0.833 bits per heavy atom. The first-order chi connectivity index (χ1) is 11.7. The van der Waals surface area contributed by atoms with Gasteiger partial charge in [0.05, 0.1) is 7.11 Å². The fraction of sp³-hybridized carbons (Fsp3) is 0.478. The van der Waals surface area contributed by atoms with Crippen LogP contribution in [0.4, 0.5) is 0 Å². The standard InChI is InChI=1S/C23H28O/c1-17-6-3-11-21(16-17)23(20-12-14-22(24-2)15-13-20)18-7-4-8-19(23)10-5-9-18/h3,6,11-16,18-19H,4-5,7-10H2,1-2H3. The van der Waals surface area contributed by atoms with Gasteiger partial charge in [0.15, 0.2) is 0 Å². The highest BCUT2D eigenvalue weighted by Crippen LogP contribution is 2.58. The number of aryl methyl sites for hydroxylation is 1. The molecule has 2 aliphatic rings. The maximum atomic E-state index is 5.41. The van der Waals surface area contributed by atoms with Gasteiger partial charge < -0.3 is 4.74 Å². The number of hydrogen-bond acceptors (Lipinski definition) is 1. The Balaban J connectivity index is 1.91. The molecule has 2 aromatic carbocycles. The zero-order chi connectivity index (χ0) is 16.6. The van der Waals surface area contributed by atoms with Crippen LogP contribution in [0.2, 0.25) is 0 Å². The van der Waals surface area contributed by atoms with E-state index in [1.165, 1.54) is 49.7 Å². The average Bonchev–Trinajstić information content (AvgIpc) is 2.61. The Morgan fingerprint density at radius 2 is 1.46 bits per heavy atom. The predicted molar refractivity (Wildman–Crippen MR) is 99.6 cm³/mol. The van der Waals surface area contributed by atoms with Crippen LogP contribution in [0.15, 0.2) is 48.5 Å². The minimum absolute atomic E-state index is 0.203. The van der Waals surface area contributed by atoms with Crippen LogP contribution in [0.1, 0.15) is 55.2 Å². The summed E-state index contributed by atoms with van der Waals surface area (Å²) < 4.78 is 5.41. The first kappa shape index (κ1) is 15.7. The lowest BCUT2D eigenvalue weighted by atomic mass is 9.49. The Morgan fingerprint density at radius 3 is 2.00 bits per heavy atom. The second-order valence-corrected chi connectivity index (χ2v) is 7.72. The monoisotopic (exact) mass is 320 g/mol. The summed E-state index contributed by atoms with van der Waals surface area (Å²) in [5.74, 6) is 2.51. The van der Waals surface area contributed by atoms with Gasteiger partial charge in [0.25, 0.3) is 0 Å². The maximum absolute atomic E-state index is 5.41. The fourth-order valence-corrected chi connectivity index (χ4v) is 5.63. The van der Waals surface area contributed by atoms with E-state index in [-0.39, 0.29) is 5.41 Å². The van der Waals surface area contributed by atoms with E-state index in [4.69, 9.17) is 4.74 Å². The molecule has 1 heteroatoms. The number of hydrogen-bond donors (Lipinski definition) is 0. The summed E-state index contributed by atoms with van der Waals surface area (Å²) in [6.07, 6.45) is 8.29. The van der Waals surface area contributed by atoms with Gasteiger partial charge in [-0.1, -0.05) is 54.8 Å². The molecule has 0 saturated heterocycles. The summed E-state index contributed by atoms with van der Waals surface area (Å²) in [5.41, 5.74) is 4.63. The van der Waals surface area contributed by atoms with E-state index in [0.29, 0.717) is 0 Å². The Hall–Kier alpha value is -1.76. The van der Waals surface area contributed by atoms with Crippen LogP contribution >= 0.6 is 0 Å². The van der Waals surface area contributed by atoms with E-state index in [1.807, 2.05) is 0 Å². The molecular weight excluding hydrogens is 292 g/mol. The molecule has 0 unspecified atom stereocenters. The molecule has 0 atom stereocenters. The van der Waals surface area contributed by atoms with Crippen molar-refractivity contribution < 1.29 is 4.74 Å². The second-order valence-electron chi connectivity index (χ2n) is 7.72. The van der Waals surface area contributed by atoms with Gasteiger partial charge in [0, 0.05) is 5.41 Å². The number of fused-ring (bicyclic) bond motifs is 2. The predicted octanol–water partition coefficient (Wildman–Crippen LogP) is 5.89. The van der Waals surface area contributed by atoms with Gasteiger partial charge in [0.1, 0.15) is 5.75 Å². The summed E-state index contributed by atoms with van der Waals surface area (Å²) in [7, 11) is 1.75. The van der Waals surface area contributed by atoms with E-state index >= 15 is 0 Å². The zero-order valence-corrected chi connectivity index (χ0v) is 14.9. The Labute approximate surface area is 146 Å².